The molecule has 2 amide bonds. The number of aliphatic hydroxyl groups excluding tert-OH is 1. The number of halogens is 1. The number of nitrogens with zero attached hydrogens (tertiary/aromatic N) is 2. The number of ether oxygens (including phenoxy) is 1. The van der Waals surface area contributed by atoms with E-state index in [1.165, 1.54) is 0 Å². The number of esters is 1. The Morgan fingerprint density at radius 1 is 1.42 bits per heavy atom. The standard InChI is InChI=1S/C24H37BrN2O5S/c1-6-9-11-26(10-7-2)22(30)20-24-12-15(25)19(33-24)17(23(31)32-8-3)18(24)21(29)27(20)16(13-28)14(4)5/h7,14-20,28H,2,6,8-13H2,1,3-5H3/t15?,16-,17+,18-,19+,20?,24?/m0/s1. The summed E-state index contributed by atoms with van der Waals surface area (Å²) in [5.74, 6) is -1.96. The highest BCUT2D eigenvalue weighted by molar-refractivity contribution is 9.09. The molecule has 0 aromatic carbocycles. The number of aliphatic hydroxyl groups is 1. The number of amides is 2. The quantitative estimate of drug-likeness (QED) is 0.244. The molecule has 3 rings (SSSR count). The molecule has 0 radical (unpaired) electrons. The Balaban J connectivity index is 2.11. The molecule has 3 saturated heterocycles. The zero-order chi connectivity index (χ0) is 24.5. The molecule has 1 N–H and O–H groups in total. The Bertz CT molecular complexity index is 780. The lowest BCUT2D eigenvalue weighted by atomic mass is 9.71. The fourth-order valence-electron chi connectivity index (χ4n) is 5.80. The number of hydrogen-bond acceptors (Lipinski definition) is 6. The second-order valence-corrected chi connectivity index (χ2v) is 12.3. The van der Waals surface area contributed by atoms with E-state index in [-0.39, 0.29) is 47.0 Å². The van der Waals surface area contributed by atoms with E-state index in [0.29, 0.717) is 19.5 Å². The summed E-state index contributed by atoms with van der Waals surface area (Å²) in [7, 11) is 0. The Labute approximate surface area is 209 Å². The third kappa shape index (κ3) is 4.38. The molecule has 2 bridgehead atoms. The van der Waals surface area contributed by atoms with Gasteiger partial charge in [-0.1, -0.05) is 49.2 Å². The molecule has 7 nitrogen and oxygen atoms in total. The predicted molar refractivity (Wildman–Crippen MR) is 133 cm³/mol. The normalized spacial score (nSPS) is 33.4. The van der Waals surface area contributed by atoms with E-state index in [1.54, 1.807) is 34.6 Å². The van der Waals surface area contributed by atoms with Crippen LogP contribution < -0.4 is 0 Å². The fourth-order valence-corrected chi connectivity index (χ4v) is 9.38. The maximum atomic E-state index is 14.1. The van der Waals surface area contributed by atoms with Gasteiger partial charge in [0.1, 0.15) is 6.04 Å². The van der Waals surface area contributed by atoms with Crippen LogP contribution in [-0.4, -0.2) is 85.9 Å². The van der Waals surface area contributed by atoms with Crippen LogP contribution in [0.15, 0.2) is 12.7 Å². The molecule has 9 heteroatoms. The first kappa shape index (κ1) is 26.5. The smallest absolute Gasteiger partial charge is 0.310 e. The lowest BCUT2D eigenvalue weighted by molar-refractivity contribution is -0.154. The van der Waals surface area contributed by atoms with E-state index in [1.807, 2.05) is 13.8 Å². The van der Waals surface area contributed by atoms with Crippen molar-refractivity contribution in [2.24, 2.45) is 17.8 Å². The average molecular weight is 546 g/mol. The molecule has 0 aliphatic carbocycles. The van der Waals surface area contributed by atoms with Gasteiger partial charge in [0.05, 0.1) is 35.8 Å². The molecule has 0 saturated carbocycles. The molecule has 33 heavy (non-hydrogen) atoms. The predicted octanol–water partition coefficient (Wildman–Crippen LogP) is 2.85. The van der Waals surface area contributed by atoms with E-state index in [4.69, 9.17) is 4.74 Å². The molecule has 3 aliphatic heterocycles. The van der Waals surface area contributed by atoms with Gasteiger partial charge < -0.3 is 19.6 Å². The largest absolute Gasteiger partial charge is 0.466 e. The molecule has 3 aliphatic rings. The number of carbonyl (C=O) groups excluding carboxylic acids is 3. The van der Waals surface area contributed by atoms with Gasteiger partial charge in [-0.05, 0) is 25.7 Å². The zero-order valence-corrected chi connectivity index (χ0v) is 22.4. The van der Waals surface area contributed by atoms with Gasteiger partial charge in [-0.2, -0.15) is 0 Å². The van der Waals surface area contributed by atoms with Crippen molar-refractivity contribution in [3.63, 3.8) is 0 Å². The van der Waals surface area contributed by atoms with E-state index >= 15 is 0 Å². The molecule has 186 valence electrons. The summed E-state index contributed by atoms with van der Waals surface area (Å²) >= 11 is 5.34. The van der Waals surface area contributed by atoms with Crippen molar-refractivity contribution in [3.05, 3.63) is 12.7 Å². The lowest BCUT2D eigenvalue weighted by Gasteiger charge is -2.41. The Hall–Kier alpha value is -1.06. The summed E-state index contributed by atoms with van der Waals surface area (Å²) in [6, 6.07) is -1.24. The minimum Gasteiger partial charge on any atom is -0.466 e. The van der Waals surface area contributed by atoms with Crippen LogP contribution in [0.4, 0.5) is 0 Å². The molecular weight excluding hydrogens is 508 g/mol. The van der Waals surface area contributed by atoms with Crippen LogP contribution in [0.5, 0.6) is 0 Å². The summed E-state index contributed by atoms with van der Waals surface area (Å²) in [5, 5.41) is 10.1. The Morgan fingerprint density at radius 3 is 2.67 bits per heavy atom. The van der Waals surface area contributed by atoms with Gasteiger partial charge in [0.15, 0.2) is 0 Å². The number of likely N-dealkylation sites (tertiary alicyclic amines) is 1. The van der Waals surface area contributed by atoms with E-state index < -0.39 is 28.7 Å². The van der Waals surface area contributed by atoms with Crippen molar-refractivity contribution < 1.29 is 24.2 Å². The van der Waals surface area contributed by atoms with Crippen LogP contribution in [-0.2, 0) is 19.1 Å². The van der Waals surface area contributed by atoms with Crippen LogP contribution in [0.25, 0.3) is 0 Å². The number of thioether (sulfide) groups is 1. The highest BCUT2D eigenvalue weighted by Gasteiger charge is 2.76. The maximum absolute atomic E-state index is 14.1. The number of alkyl halides is 1. The summed E-state index contributed by atoms with van der Waals surface area (Å²) in [5.41, 5.74) is 0. The number of hydrogen-bond donors (Lipinski definition) is 1. The molecule has 3 fully saturated rings. The van der Waals surface area contributed by atoms with Crippen molar-refractivity contribution in [3.8, 4) is 0 Å². The van der Waals surface area contributed by atoms with Gasteiger partial charge in [0.2, 0.25) is 11.8 Å². The second-order valence-electron chi connectivity index (χ2n) is 9.58. The number of carbonyl (C=O) groups is 3. The van der Waals surface area contributed by atoms with E-state index in [2.05, 4.69) is 29.4 Å². The first-order valence-corrected chi connectivity index (χ1v) is 13.8. The molecule has 3 heterocycles. The number of rotatable bonds is 11. The molecule has 1 spiro atoms. The van der Waals surface area contributed by atoms with Crippen LogP contribution in [0.3, 0.4) is 0 Å². The third-order valence-electron chi connectivity index (χ3n) is 7.28. The fraction of sp³-hybridized carbons (Fsp3) is 0.792. The minimum absolute atomic E-state index is 0.00586. The summed E-state index contributed by atoms with van der Waals surface area (Å²) < 4.78 is 4.66. The number of unbranched alkanes of at least 4 members (excludes halogenated alkanes) is 1. The van der Waals surface area contributed by atoms with Crippen molar-refractivity contribution in [2.45, 2.75) is 73.9 Å². The van der Waals surface area contributed by atoms with Crippen LogP contribution in [0.1, 0.15) is 47.0 Å². The molecule has 7 atom stereocenters. The van der Waals surface area contributed by atoms with Crippen LogP contribution in [0, 0.1) is 17.8 Å². The SMILES string of the molecule is C=CCN(CCCC)C(=O)C1N([C@@H](CO)C(C)C)C(=O)[C@@H]2[C@@H](C(=O)OCC)[C@@H]3SC12CC3Br. The first-order chi connectivity index (χ1) is 15.7. The van der Waals surface area contributed by atoms with Gasteiger partial charge >= 0.3 is 5.97 Å². The topological polar surface area (TPSA) is 87.2 Å². The molecule has 3 unspecified atom stereocenters. The summed E-state index contributed by atoms with van der Waals surface area (Å²) in [6.07, 6.45) is 4.13. The lowest BCUT2D eigenvalue weighted by Crippen LogP contribution is -2.58. The zero-order valence-electron chi connectivity index (χ0n) is 20.0. The summed E-state index contributed by atoms with van der Waals surface area (Å²) in [4.78, 5) is 44.6. The highest BCUT2D eigenvalue weighted by atomic mass is 79.9. The third-order valence-corrected chi connectivity index (χ3v) is 10.5. The monoisotopic (exact) mass is 544 g/mol. The van der Waals surface area contributed by atoms with Crippen molar-refractivity contribution in [1.82, 2.24) is 9.80 Å². The van der Waals surface area contributed by atoms with Gasteiger partial charge in [0, 0.05) is 23.2 Å². The van der Waals surface area contributed by atoms with Gasteiger partial charge in [0.25, 0.3) is 0 Å². The molecular formula is C24H37BrN2O5S. The Kier molecular flexibility index (Phi) is 8.60. The van der Waals surface area contributed by atoms with Gasteiger partial charge in [-0.3, -0.25) is 14.4 Å². The van der Waals surface area contributed by atoms with Crippen molar-refractivity contribution in [2.75, 3.05) is 26.3 Å². The molecule has 0 aromatic rings. The Morgan fingerprint density at radius 2 is 2.12 bits per heavy atom. The van der Waals surface area contributed by atoms with Gasteiger partial charge in [-0.15, -0.1) is 18.3 Å². The second kappa shape index (κ2) is 10.7. The van der Waals surface area contributed by atoms with E-state index in [9.17, 15) is 19.5 Å². The number of fused-ring (bicyclic) bond motifs is 1. The average Bonchev–Trinajstić information content (AvgIpc) is 3.35. The first-order valence-electron chi connectivity index (χ1n) is 12.0. The molecule has 0 aromatic heterocycles. The maximum Gasteiger partial charge on any atom is 0.310 e. The summed E-state index contributed by atoms with van der Waals surface area (Å²) in [6.45, 7) is 12.5. The van der Waals surface area contributed by atoms with Crippen LogP contribution >= 0.6 is 27.7 Å². The van der Waals surface area contributed by atoms with Gasteiger partial charge in [-0.25, -0.2) is 0 Å². The highest BCUT2D eigenvalue weighted by Crippen LogP contribution is 2.68. The minimum atomic E-state index is -0.735. The van der Waals surface area contributed by atoms with Crippen molar-refractivity contribution in [1.29, 1.82) is 0 Å². The van der Waals surface area contributed by atoms with Crippen LogP contribution in [0.2, 0.25) is 0 Å². The van der Waals surface area contributed by atoms with E-state index in [0.717, 1.165) is 12.8 Å². The van der Waals surface area contributed by atoms with Crippen molar-refractivity contribution >= 4 is 45.5 Å².